The largest absolute Gasteiger partial charge is 0.394 e. The summed E-state index contributed by atoms with van der Waals surface area (Å²) in [5, 5.41) is 10.00. The molecule has 9 heteroatoms. The summed E-state index contributed by atoms with van der Waals surface area (Å²) in [7, 11) is 0. The molecule has 3 heterocycles. The van der Waals surface area contributed by atoms with Gasteiger partial charge >= 0.3 is 0 Å². The van der Waals surface area contributed by atoms with Gasteiger partial charge in [0.2, 0.25) is 17.7 Å². The molecule has 0 radical (unpaired) electrons. The lowest BCUT2D eigenvalue weighted by molar-refractivity contribution is -0.146. The van der Waals surface area contributed by atoms with Crippen molar-refractivity contribution >= 4 is 45.4 Å². The summed E-state index contributed by atoms with van der Waals surface area (Å²) in [6, 6.07) is -1.23. The molecule has 3 rings (SSSR count). The van der Waals surface area contributed by atoms with Gasteiger partial charge in [0, 0.05) is 36.3 Å². The maximum atomic E-state index is 14.2. The van der Waals surface area contributed by atoms with Crippen molar-refractivity contribution < 1.29 is 19.5 Å². The zero-order valence-electron chi connectivity index (χ0n) is 21.9. The predicted molar refractivity (Wildman–Crippen MR) is 149 cm³/mol. The number of unbranched alkanes of at least 4 members (excludes halogenated alkanes) is 2. The Morgan fingerprint density at radius 1 is 1.17 bits per heavy atom. The topological polar surface area (TPSA) is 81.2 Å². The first-order chi connectivity index (χ1) is 17.2. The summed E-state index contributed by atoms with van der Waals surface area (Å²) >= 11 is 5.47. The van der Waals surface area contributed by atoms with E-state index in [0.717, 1.165) is 25.7 Å². The van der Waals surface area contributed by atoms with Crippen LogP contribution in [0.5, 0.6) is 0 Å². The van der Waals surface area contributed by atoms with E-state index >= 15 is 0 Å². The lowest BCUT2D eigenvalue weighted by atomic mass is 9.70. The van der Waals surface area contributed by atoms with Crippen molar-refractivity contribution in [2.24, 2.45) is 11.8 Å². The summed E-state index contributed by atoms with van der Waals surface area (Å²) in [6.07, 6.45) is 7.85. The van der Waals surface area contributed by atoms with Gasteiger partial charge in [-0.05, 0) is 26.2 Å². The van der Waals surface area contributed by atoms with E-state index in [1.54, 1.807) is 40.6 Å². The number of carbonyl (C=O) groups is 3. The first kappa shape index (κ1) is 29.2. The zero-order valence-corrected chi connectivity index (χ0v) is 24.3. The molecule has 0 aliphatic carbocycles. The van der Waals surface area contributed by atoms with Gasteiger partial charge in [0.25, 0.3) is 0 Å². The van der Waals surface area contributed by atoms with Crippen LogP contribution in [0.25, 0.3) is 0 Å². The number of nitrogens with zero attached hydrogens (tertiary/aromatic N) is 3. The third kappa shape index (κ3) is 5.04. The summed E-state index contributed by atoms with van der Waals surface area (Å²) in [4.78, 5) is 47.4. The van der Waals surface area contributed by atoms with Crippen molar-refractivity contribution in [1.82, 2.24) is 14.7 Å². The Kier molecular flexibility index (Phi) is 10.1. The molecule has 3 unspecified atom stereocenters. The van der Waals surface area contributed by atoms with E-state index in [0.29, 0.717) is 32.6 Å². The molecular formula is C27H42BrN3O4S. The third-order valence-electron chi connectivity index (χ3n) is 7.83. The second kappa shape index (κ2) is 12.5. The average molecular weight is 585 g/mol. The van der Waals surface area contributed by atoms with Crippen LogP contribution in [-0.4, -0.2) is 97.2 Å². The van der Waals surface area contributed by atoms with Gasteiger partial charge in [-0.15, -0.1) is 24.9 Å². The number of likely N-dealkylation sites (tertiary alicyclic amines) is 1. The number of fused-ring (bicyclic) bond motifs is 1. The molecule has 3 aliphatic rings. The van der Waals surface area contributed by atoms with Gasteiger partial charge in [0.05, 0.1) is 29.2 Å². The fraction of sp³-hybridized carbons (Fsp3) is 0.741. The van der Waals surface area contributed by atoms with Gasteiger partial charge in [-0.1, -0.05) is 54.8 Å². The molecule has 3 aliphatic heterocycles. The van der Waals surface area contributed by atoms with E-state index < -0.39 is 28.7 Å². The molecule has 0 saturated carbocycles. The monoisotopic (exact) mass is 583 g/mol. The molecular weight excluding hydrogens is 542 g/mol. The smallest absolute Gasteiger partial charge is 0.247 e. The van der Waals surface area contributed by atoms with Crippen LogP contribution in [0.4, 0.5) is 0 Å². The molecule has 3 amide bonds. The van der Waals surface area contributed by atoms with Gasteiger partial charge in [0.1, 0.15) is 6.04 Å². The Hall–Kier alpha value is -1.32. The van der Waals surface area contributed by atoms with Crippen molar-refractivity contribution in [2.75, 3.05) is 32.8 Å². The third-order valence-corrected chi connectivity index (χ3v) is 11.1. The molecule has 1 N–H and O–H groups in total. The number of alkyl halides is 1. The molecule has 7 atom stereocenters. The summed E-state index contributed by atoms with van der Waals surface area (Å²) in [5.41, 5.74) is 0. The van der Waals surface area contributed by atoms with E-state index in [4.69, 9.17) is 0 Å². The van der Waals surface area contributed by atoms with E-state index in [1.165, 1.54) is 0 Å². The minimum Gasteiger partial charge on any atom is -0.394 e. The molecule has 7 nitrogen and oxygen atoms in total. The van der Waals surface area contributed by atoms with Gasteiger partial charge in [0.15, 0.2) is 0 Å². The number of amides is 3. The van der Waals surface area contributed by atoms with Gasteiger partial charge < -0.3 is 19.8 Å². The average Bonchev–Trinajstić information content (AvgIpc) is 3.45. The Bertz CT molecular complexity index is 857. The Morgan fingerprint density at radius 3 is 2.36 bits per heavy atom. The number of hydrogen-bond donors (Lipinski definition) is 1. The van der Waals surface area contributed by atoms with Gasteiger partial charge in [-0.25, -0.2) is 0 Å². The highest BCUT2D eigenvalue weighted by atomic mass is 79.9. The minimum atomic E-state index is -0.717. The minimum absolute atomic E-state index is 0.0281. The SMILES string of the molecule is C=CCN(CCCCC)C(=O)C1N([C@H](C)CO)C(=O)[C@@H]2[C@H](C(=O)N(CC=C)CCC)[C@H]3SC12CC3Br. The molecule has 1 spiro atoms. The Morgan fingerprint density at radius 2 is 1.81 bits per heavy atom. The molecule has 3 fully saturated rings. The van der Waals surface area contributed by atoms with Crippen LogP contribution in [0.2, 0.25) is 0 Å². The van der Waals surface area contributed by atoms with Crippen LogP contribution >= 0.6 is 27.7 Å². The fourth-order valence-corrected chi connectivity index (χ4v) is 9.88. The molecule has 2 bridgehead atoms. The summed E-state index contributed by atoms with van der Waals surface area (Å²) in [6.45, 7) is 15.4. The highest BCUT2D eigenvalue weighted by Crippen LogP contribution is 2.68. The van der Waals surface area contributed by atoms with Crippen LogP contribution < -0.4 is 0 Å². The van der Waals surface area contributed by atoms with Gasteiger partial charge in [-0.2, -0.15) is 0 Å². The molecule has 3 saturated heterocycles. The summed E-state index contributed by atoms with van der Waals surface area (Å²) in [5.74, 6) is -1.40. The van der Waals surface area contributed by atoms with Crippen molar-refractivity contribution in [3.63, 3.8) is 0 Å². The number of halogens is 1. The lowest BCUT2D eigenvalue weighted by Gasteiger charge is -2.39. The van der Waals surface area contributed by atoms with Crippen molar-refractivity contribution in [2.45, 2.75) is 79.8 Å². The van der Waals surface area contributed by atoms with Crippen LogP contribution in [0.3, 0.4) is 0 Å². The first-order valence-electron chi connectivity index (χ1n) is 13.3. The molecule has 0 aromatic carbocycles. The number of aliphatic hydroxyl groups is 1. The predicted octanol–water partition coefficient (Wildman–Crippen LogP) is 3.46. The second-order valence-corrected chi connectivity index (χ2v) is 13.0. The number of rotatable bonds is 14. The number of aliphatic hydroxyl groups excluding tert-OH is 1. The molecule has 0 aromatic heterocycles. The molecule has 202 valence electrons. The van der Waals surface area contributed by atoms with E-state index in [-0.39, 0.29) is 34.4 Å². The summed E-state index contributed by atoms with van der Waals surface area (Å²) < 4.78 is -0.701. The van der Waals surface area contributed by atoms with Crippen molar-refractivity contribution in [3.05, 3.63) is 25.3 Å². The van der Waals surface area contributed by atoms with Crippen LogP contribution in [0.1, 0.15) is 52.9 Å². The lowest BCUT2D eigenvalue weighted by Crippen LogP contribution is -2.57. The highest BCUT2D eigenvalue weighted by Gasteiger charge is 2.76. The zero-order chi connectivity index (χ0) is 26.6. The normalized spacial score (nSPS) is 31.3. The second-order valence-electron chi connectivity index (χ2n) is 10.3. The van der Waals surface area contributed by atoms with E-state index in [2.05, 4.69) is 36.0 Å². The maximum absolute atomic E-state index is 14.2. The standard InChI is InChI=1S/C27H42BrN3O4S/c1-6-10-11-15-30(14-9-4)26(35)23-27-16-19(28)22(36-27)20(24(33)29(12-7-2)13-8-3)21(27)25(34)31(23)18(5)17-32/h7,9,18-23,32H,2,4,6,8,10-17H2,1,3,5H3/t18-,19?,20+,21+,22+,23?,27?/m1/s1. The maximum Gasteiger partial charge on any atom is 0.247 e. The van der Waals surface area contributed by atoms with Gasteiger partial charge in [-0.3, -0.25) is 14.4 Å². The van der Waals surface area contributed by atoms with Crippen LogP contribution in [0, 0.1) is 11.8 Å². The number of thioether (sulfide) groups is 1. The number of hydrogen-bond acceptors (Lipinski definition) is 5. The molecule has 36 heavy (non-hydrogen) atoms. The van der Waals surface area contributed by atoms with Crippen molar-refractivity contribution in [3.8, 4) is 0 Å². The van der Waals surface area contributed by atoms with Crippen LogP contribution in [0.15, 0.2) is 25.3 Å². The quantitative estimate of drug-likeness (QED) is 0.192. The van der Waals surface area contributed by atoms with E-state index in [9.17, 15) is 19.5 Å². The fourth-order valence-electron chi connectivity index (χ4n) is 6.29. The first-order valence-corrected chi connectivity index (χ1v) is 15.1. The molecule has 0 aromatic rings. The Balaban J connectivity index is 2.05. The van der Waals surface area contributed by atoms with Crippen molar-refractivity contribution in [1.29, 1.82) is 0 Å². The highest BCUT2D eigenvalue weighted by molar-refractivity contribution is 9.09. The van der Waals surface area contributed by atoms with Crippen LogP contribution in [-0.2, 0) is 14.4 Å². The van der Waals surface area contributed by atoms with E-state index in [1.807, 2.05) is 11.8 Å². The number of carbonyl (C=O) groups excluding carboxylic acids is 3. The Labute approximate surface area is 228 Å².